The summed E-state index contributed by atoms with van der Waals surface area (Å²) < 4.78 is 1.65. The molecule has 0 saturated heterocycles. The third-order valence-electron chi connectivity index (χ3n) is 2.85. The first kappa shape index (κ1) is 9.84. The Morgan fingerprint density at radius 3 is 2.87 bits per heavy atom. The number of hydrogen-bond donors (Lipinski definition) is 2. The number of anilines is 2. The smallest absolute Gasteiger partial charge is 0.168 e. The van der Waals surface area contributed by atoms with Gasteiger partial charge in [0.1, 0.15) is 17.5 Å². The molecule has 0 unspecified atom stereocenters. The molecule has 0 spiro atoms. The summed E-state index contributed by atoms with van der Waals surface area (Å²) in [6, 6.07) is 2.57. The molecule has 3 N–H and O–H groups in total. The van der Waals surface area contributed by atoms with Crippen LogP contribution < -0.4 is 11.1 Å². The van der Waals surface area contributed by atoms with Crippen molar-refractivity contribution < 1.29 is 0 Å². The Morgan fingerprint density at radius 2 is 2.40 bits per heavy atom. The molecular formula is C10H15N5. The molecule has 80 valence electrons. The Kier molecular flexibility index (Phi) is 2.50. The standard InChI is InChI=1S/C10H15N5/c1-2-15-9(12)8(6-11)10(14-15)13-7-4-3-5-7/h7H,2-5,12H2,1H3,(H,13,14). The van der Waals surface area contributed by atoms with Gasteiger partial charge in [0.15, 0.2) is 5.82 Å². The van der Waals surface area contributed by atoms with Crippen LogP contribution in [0.15, 0.2) is 0 Å². The van der Waals surface area contributed by atoms with Gasteiger partial charge in [-0.1, -0.05) is 0 Å². The fourth-order valence-electron chi connectivity index (χ4n) is 1.67. The van der Waals surface area contributed by atoms with Crippen LogP contribution in [-0.4, -0.2) is 15.8 Å². The number of hydrogen-bond acceptors (Lipinski definition) is 4. The lowest BCUT2D eigenvalue weighted by atomic mass is 9.93. The average Bonchev–Trinajstić information content (AvgIpc) is 2.48. The van der Waals surface area contributed by atoms with Crippen molar-refractivity contribution in [1.82, 2.24) is 9.78 Å². The van der Waals surface area contributed by atoms with Crippen LogP contribution in [0.1, 0.15) is 31.7 Å². The maximum absolute atomic E-state index is 8.99. The Hall–Kier alpha value is -1.70. The second kappa shape index (κ2) is 3.81. The van der Waals surface area contributed by atoms with Gasteiger partial charge in [0.25, 0.3) is 0 Å². The molecule has 5 nitrogen and oxygen atoms in total. The Morgan fingerprint density at radius 1 is 1.67 bits per heavy atom. The van der Waals surface area contributed by atoms with Gasteiger partial charge < -0.3 is 11.1 Å². The van der Waals surface area contributed by atoms with Crippen molar-refractivity contribution in [2.45, 2.75) is 38.8 Å². The van der Waals surface area contributed by atoms with E-state index in [9.17, 15) is 0 Å². The van der Waals surface area contributed by atoms with Crippen LogP contribution in [0.25, 0.3) is 0 Å². The molecule has 0 aromatic carbocycles. The Bertz CT molecular complexity index is 397. The SMILES string of the molecule is CCn1nc(NC2CCC2)c(C#N)c1N. The fraction of sp³-hybridized carbons (Fsp3) is 0.600. The van der Waals surface area contributed by atoms with Crippen molar-refractivity contribution in [3.63, 3.8) is 0 Å². The molecule has 1 saturated carbocycles. The van der Waals surface area contributed by atoms with E-state index in [2.05, 4.69) is 16.5 Å². The quantitative estimate of drug-likeness (QED) is 0.780. The minimum absolute atomic E-state index is 0.460. The van der Waals surface area contributed by atoms with Crippen molar-refractivity contribution in [1.29, 1.82) is 5.26 Å². The highest BCUT2D eigenvalue weighted by atomic mass is 15.3. The molecule has 5 heteroatoms. The van der Waals surface area contributed by atoms with Crippen LogP contribution in [0.4, 0.5) is 11.6 Å². The molecule has 15 heavy (non-hydrogen) atoms. The fourth-order valence-corrected chi connectivity index (χ4v) is 1.67. The lowest BCUT2D eigenvalue weighted by Crippen LogP contribution is -2.27. The van der Waals surface area contributed by atoms with E-state index in [4.69, 9.17) is 11.0 Å². The van der Waals surface area contributed by atoms with E-state index in [0.29, 0.717) is 29.8 Å². The van der Waals surface area contributed by atoms with E-state index < -0.39 is 0 Å². The number of nitrogens with two attached hydrogens (primary N) is 1. The van der Waals surface area contributed by atoms with Gasteiger partial charge in [-0.3, -0.25) is 0 Å². The van der Waals surface area contributed by atoms with Gasteiger partial charge in [-0.15, -0.1) is 0 Å². The molecule has 1 aliphatic rings. The molecule has 1 aromatic rings. The number of nitriles is 1. The topological polar surface area (TPSA) is 79.7 Å². The van der Waals surface area contributed by atoms with Crippen LogP contribution in [0.3, 0.4) is 0 Å². The molecule has 1 aromatic heterocycles. The predicted octanol–water partition coefficient (Wildman–Crippen LogP) is 1.32. The van der Waals surface area contributed by atoms with Crippen LogP contribution in [0.5, 0.6) is 0 Å². The first-order valence-corrected chi connectivity index (χ1v) is 5.29. The van der Waals surface area contributed by atoms with Gasteiger partial charge in [0, 0.05) is 12.6 Å². The van der Waals surface area contributed by atoms with Crippen molar-refractivity contribution >= 4 is 11.6 Å². The minimum Gasteiger partial charge on any atom is -0.383 e. The molecule has 0 aliphatic heterocycles. The molecular weight excluding hydrogens is 190 g/mol. The summed E-state index contributed by atoms with van der Waals surface area (Å²) in [6.07, 6.45) is 3.57. The van der Waals surface area contributed by atoms with Gasteiger partial charge in [0.2, 0.25) is 0 Å². The van der Waals surface area contributed by atoms with Crippen molar-refractivity contribution in [3.05, 3.63) is 5.56 Å². The third-order valence-corrected chi connectivity index (χ3v) is 2.85. The Labute approximate surface area is 88.9 Å². The van der Waals surface area contributed by atoms with Crippen LogP contribution in [-0.2, 0) is 6.54 Å². The monoisotopic (exact) mass is 205 g/mol. The van der Waals surface area contributed by atoms with Crippen LogP contribution in [0.2, 0.25) is 0 Å². The van der Waals surface area contributed by atoms with Gasteiger partial charge in [-0.05, 0) is 26.2 Å². The van der Waals surface area contributed by atoms with Gasteiger partial charge >= 0.3 is 0 Å². The highest BCUT2D eigenvalue weighted by Crippen LogP contribution is 2.26. The molecule has 1 heterocycles. The minimum atomic E-state index is 0.460. The summed E-state index contributed by atoms with van der Waals surface area (Å²) in [5.41, 5.74) is 6.27. The first-order valence-electron chi connectivity index (χ1n) is 5.29. The van der Waals surface area contributed by atoms with Crippen LogP contribution in [0, 0.1) is 11.3 Å². The van der Waals surface area contributed by atoms with Crippen molar-refractivity contribution in [2.24, 2.45) is 0 Å². The molecule has 0 radical (unpaired) electrons. The summed E-state index contributed by atoms with van der Waals surface area (Å²) in [4.78, 5) is 0. The summed E-state index contributed by atoms with van der Waals surface area (Å²) in [5.74, 6) is 1.10. The van der Waals surface area contributed by atoms with Crippen molar-refractivity contribution in [3.8, 4) is 6.07 Å². The van der Waals surface area contributed by atoms with E-state index in [0.717, 1.165) is 12.8 Å². The zero-order valence-corrected chi connectivity index (χ0v) is 8.82. The van der Waals surface area contributed by atoms with Gasteiger partial charge in [-0.25, -0.2) is 4.68 Å². The lowest BCUT2D eigenvalue weighted by Gasteiger charge is -2.26. The number of nitrogens with one attached hydrogen (secondary N) is 1. The van der Waals surface area contributed by atoms with Crippen molar-refractivity contribution in [2.75, 3.05) is 11.1 Å². The number of aromatic nitrogens is 2. The number of rotatable bonds is 3. The lowest BCUT2D eigenvalue weighted by molar-refractivity contribution is 0.443. The zero-order valence-electron chi connectivity index (χ0n) is 8.82. The number of nitrogen functional groups attached to an aromatic ring is 1. The summed E-state index contributed by atoms with van der Waals surface area (Å²) in [5, 5.41) is 16.5. The van der Waals surface area contributed by atoms with E-state index in [-0.39, 0.29) is 0 Å². The molecule has 0 amide bonds. The molecule has 1 aliphatic carbocycles. The maximum atomic E-state index is 8.99. The van der Waals surface area contributed by atoms with E-state index >= 15 is 0 Å². The summed E-state index contributed by atoms with van der Waals surface area (Å²) in [7, 11) is 0. The second-order valence-corrected chi connectivity index (χ2v) is 3.81. The maximum Gasteiger partial charge on any atom is 0.168 e. The molecule has 0 atom stereocenters. The number of nitrogens with zero attached hydrogens (tertiary/aromatic N) is 3. The van der Waals surface area contributed by atoms with Gasteiger partial charge in [-0.2, -0.15) is 10.4 Å². The first-order chi connectivity index (χ1) is 7.26. The molecule has 1 fully saturated rings. The zero-order chi connectivity index (χ0) is 10.8. The largest absolute Gasteiger partial charge is 0.383 e. The van der Waals surface area contributed by atoms with E-state index in [1.807, 2.05) is 6.92 Å². The Balaban J connectivity index is 2.25. The average molecular weight is 205 g/mol. The number of aryl methyl sites for hydroxylation is 1. The molecule has 2 rings (SSSR count). The normalized spacial score (nSPS) is 15.7. The van der Waals surface area contributed by atoms with E-state index in [1.165, 1.54) is 6.42 Å². The van der Waals surface area contributed by atoms with Gasteiger partial charge in [0.05, 0.1) is 0 Å². The second-order valence-electron chi connectivity index (χ2n) is 3.81. The van der Waals surface area contributed by atoms with Crippen LogP contribution >= 0.6 is 0 Å². The third kappa shape index (κ3) is 1.63. The summed E-state index contributed by atoms with van der Waals surface area (Å²) >= 11 is 0. The van der Waals surface area contributed by atoms with E-state index in [1.54, 1.807) is 4.68 Å². The predicted molar refractivity (Wildman–Crippen MR) is 58.3 cm³/mol. The summed E-state index contributed by atoms with van der Waals surface area (Å²) in [6.45, 7) is 2.64. The highest BCUT2D eigenvalue weighted by Gasteiger charge is 2.21. The highest BCUT2D eigenvalue weighted by molar-refractivity contribution is 5.64. The molecule has 0 bridgehead atoms.